The average molecular weight is 1050 g/mol. The third-order valence-corrected chi connectivity index (χ3v) is 14.4. The van der Waals surface area contributed by atoms with E-state index >= 15 is 0 Å². The quantitative estimate of drug-likeness (QED) is 0.0406. The van der Waals surface area contributed by atoms with Gasteiger partial charge in [-0.25, -0.2) is 0 Å². The summed E-state index contributed by atoms with van der Waals surface area (Å²) in [7, 11) is 0. The summed E-state index contributed by atoms with van der Waals surface area (Å²) in [4.78, 5) is 8.95. The predicted octanol–water partition coefficient (Wildman–Crippen LogP) is 5.85. The van der Waals surface area contributed by atoms with Gasteiger partial charge in [0.05, 0.1) is 37.6 Å². The van der Waals surface area contributed by atoms with Gasteiger partial charge in [0.15, 0.2) is 12.6 Å². The van der Waals surface area contributed by atoms with Crippen molar-refractivity contribution in [3.63, 3.8) is 0 Å². The van der Waals surface area contributed by atoms with Crippen LogP contribution in [0.4, 0.5) is 0 Å². The van der Waals surface area contributed by atoms with Crippen molar-refractivity contribution in [2.45, 2.75) is 61.4 Å². The zero-order valence-electron chi connectivity index (χ0n) is 41.3. The van der Waals surface area contributed by atoms with E-state index in [-0.39, 0.29) is 54.8 Å². The number of hydrogen-bond donors (Lipinski definition) is 9. The first-order valence-electron chi connectivity index (χ1n) is 25.3. The van der Waals surface area contributed by atoms with Crippen LogP contribution in [0.3, 0.4) is 0 Å². The molecule has 17 nitrogen and oxygen atoms in total. The van der Waals surface area contributed by atoms with Gasteiger partial charge in [0.25, 0.3) is 0 Å². The van der Waals surface area contributed by atoms with E-state index < -0.39 is 74.6 Å². The minimum absolute atomic E-state index is 0.138. The predicted molar refractivity (Wildman–Crippen MR) is 286 cm³/mol. The second-order valence-corrected chi connectivity index (χ2v) is 19.0. The van der Waals surface area contributed by atoms with E-state index in [1.54, 1.807) is 18.5 Å². The number of fused-ring (bicyclic) bond motifs is 4. The van der Waals surface area contributed by atoms with Crippen LogP contribution in [-0.4, -0.2) is 157 Å². The molecule has 0 radical (unpaired) electrons. The highest BCUT2D eigenvalue weighted by Crippen LogP contribution is 2.57. The van der Waals surface area contributed by atoms with Crippen molar-refractivity contribution < 1.29 is 74.4 Å². The van der Waals surface area contributed by atoms with Crippen molar-refractivity contribution in [2.24, 2.45) is 0 Å². The zero-order chi connectivity index (χ0) is 53.3. The van der Waals surface area contributed by atoms with Crippen molar-refractivity contribution >= 4 is 43.1 Å². The van der Waals surface area contributed by atoms with Crippen molar-refractivity contribution in [1.29, 1.82) is 0 Å². The van der Waals surface area contributed by atoms with Gasteiger partial charge >= 0.3 is 0 Å². The summed E-state index contributed by atoms with van der Waals surface area (Å²) in [6, 6.07) is 40.9. The Morgan fingerprint density at radius 3 is 1.04 bits per heavy atom. The Bertz CT molecular complexity index is 3210. The van der Waals surface area contributed by atoms with E-state index in [1.807, 2.05) is 134 Å². The van der Waals surface area contributed by atoms with Gasteiger partial charge < -0.3 is 74.4 Å². The minimum atomic E-state index is -1.67. The summed E-state index contributed by atoms with van der Waals surface area (Å²) in [5, 5.41) is 104. The number of benzene rings is 7. The number of phenolic OH excluding ortho intramolecular Hbond substituents is 1. The Balaban J connectivity index is 1.13. The molecule has 2 aliphatic rings. The number of hydrogen-bond acceptors (Lipinski definition) is 17. The smallest absolute Gasteiger partial charge is 0.186 e. The highest BCUT2D eigenvalue weighted by atomic mass is 16.7. The van der Waals surface area contributed by atoms with E-state index in [4.69, 9.17) is 28.4 Å². The number of aromatic hydroxyl groups is 1. The summed E-state index contributed by atoms with van der Waals surface area (Å²) in [5.74, 6) is 0.0492. The van der Waals surface area contributed by atoms with Crippen molar-refractivity contribution in [3.05, 3.63) is 152 Å². The number of phenols is 1. The highest BCUT2D eigenvalue weighted by Gasteiger charge is 2.45. The van der Waals surface area contributed by atoms with E-state index in [2.05, 4.69) is 9.97 Å². The molecule has 2 fully saturated rings. The van der Waals surface area contributed by atoms with Gasteiger partial charge in [-0.05, 0) is 66.3 Å². The maximum Gasteiger partial charge on any atom is 0.186 e. The molecule has 4 heterocycles. The van der Waals surface area contributed by atoms with E-state index in [0.717, 1.165) is 65.3 Å². The Hall–Kier alpha value is -7.20. The van der Waals surface area contributed by atoms with Crippen LogP contribution < -0.4 is 9.47 Å². The maximum atomic E-state index is 13.8. The Kier molecular flexibility index (Phi) is 15.1. The number of pyridine rings is 2. The molecular formula is C60H56N2O15. The zero-order valence-corrected chi connectivity index (χ0v) is 41.3. The number of rotatable bonds is 16. The first-order chi connectivity index (χ1) is 37.6. The highest BCUT2D eigenvalue weighted by molar-refractivity contribution is 6.25. The SMILES string of the molecule is OC[C@H]1O[C@H](OCCOc2cc(OCCO[C@H]3O[C@H](CO)[C@@H](O)[C@H](O)[C@H]3O)c(-c3c4ccccc4c(-c4cccnc4)c4ccccc34)c(O)c2-c2c3ccccc3c(-c3cccnc3)c3ccccc23)[C@H](O)[C@@H](O)[C@@H]1O. The molecule has 2 aromatic heterocycles. The largest absolute Gasteiger partial charge is 0.506 e. The molecule has 0 amide bonds. The monoisotopic (exact) mass is 1040 g/mol. The summed E-state index contributed by atoms with van der Waals surface area (Å²) in [5.41, 5.74) is 5.39. The van der Waals surface area contributed by atoms with Crippen molar-refractivity contribution in [1.82, 2.24) is 9.97 Å². The van der Waals surface area contributed by atoms with Gasteiger partial charge in [-0.15, -0.1) is 0 Å². The summed E-state index contributed by atoms with van der Waals surface area (Å²) in [6.45, 7) is -2.25. The molecule has 10 atom stereocenters. The summed E-state index contributed by atoms with van der Waals surface area (Å²) >= 11 is 0. The fraction of sp³-hybridized carbons (Fsp3) is 0.267. The van der Waals surface area contributed by atoms with E-state index in [1.165, 1.54) is 0 Å². The number of aliphatic hydroxyl groups is 8. The molecule has 11 rings (SSSR count). The van der Waals surface area contributed by atoms with E-state index in [9.17, 15) is 46.0 Å². The van der Waals surface area contributed by atoms with Crippen molar-refractivity contribution in [2.75, 3.05) is 39.6 Å². The lowest BCUT2D eigenvalue weighted by Crippen LogP contribution is -2.59. The molecule has 7 aromatic carbocycles. The molecule has 0 saturated carbocycles. The molecule has 0 aliphatic carbocycles. The molecule has 77 heavy (non-hydrogen) atoms. The molecule has 2 saturated heterocycles. The second-order valence-electron chi connectivity index (χ2n) is 19.0. The normalized spacial score (nSPS) is 23.7. The second kappa shape index (κ2) is 22.4. The lowest BCUT2D eigenvalue weighted by molar-refractivity contribution is -0.301. The van der Waals surface area contributed by atoms with Crippen LogP contribution in [0.1, 0.15) is 0 Å². The number of aliphatic hydroxyl groups excluding tert-OH is 8. The first-order valence-corrected chi connectivity index (χ1v) is 25.3. The molecule has 2 aliphatic heterocycles. The van der Waals surface area contributed by atoms with Gasteiger partial charge in [-0.3, -0.25) is 9.97 Å². The number of nitrogens with zero attached hydrogens (tertiary/aromatic N) is 2. The Labute approximate surface area is 440 Å². The van der Waals surface area contributed by atoms with Crippen LogP contribution in [0.15, 0.2) is 152 Å². The standard InChI is InChI=1S/C60H56N2O15/c63-30-44-52(65)55(68)57(70)59(76-44)74-25-23-72-42-27-43(73-24-26-75-60-58(71)56(69)53(66)45(31-64)77-60)51(49-40-19-7-3-15-36(40)47(33-12-10-22-62-29-33)37-16-4-8-20-41(37)49)54(67)50(42)48-38-17-5-1-13-34(38)46(32-11-9-21-61-28-32)35-14-2-6-18-39(35)48/h1-22,27-29,44-45,52-53,55-60,63-71H,23-26,30-31H2/t44-,45-,52-,53-,55+,56+,57-,58-,59+,60+/m1/s1. The summed E-state index contributed by atoms with van der Waals surface area (Å²) < 4.78 is 36.5. The molecule has 9 aromatic rings. The number of aromatic nitrogens is 2. The maximum absolute atomic E-state index is 13.8. The molecule has 0 spiro atoms. The fourth-order valence-corrected chi connectivity index (χ4v) is 10.8. The molecule has 9 N–H and O–H groups in total. The molecule has 0 bridgehead atoms. The van der Waals surface area contributed by atoms with Crippen LogP contribution in [-0.2, 0) is 18.9 Å². The fourth-order valence-electron chi connectivity index (χ4n) is 10.8. The molecule has 17 heteroatoms. The van der Waals surface area contributed by atoms with E-state index in [0.29, 0.717) is 11.1 Å². The van der Waals surface area contributed by atoms with Gasteiger partial charge in [0, 0.05) is 53.1 Å². The molecular weight excluding hydrogens is 989 g/mol. The Morgan fingerprint density at radius 1 is 0.390 bits per heavy atom. The van der Waals surface area contributed by atoms with Crippen LogP contribution in [0.5, 0.6) is 17.2 Å². The molecule has 0 unspecified atom stereocenters. The summed E-state index contributed by atoms with van der Waals surface area (Å²) in [6.07, 6.45) is -8.11. The Morgan fingerprint density at radius 2 is 0.727 bits per heavy atom. The number of ether oxygens (including phenoxy) is 6. The topological polar surface area (TPSA) is 263 Å². The van der Waals surface area contributed by atoms with Crippen LogP contribution >= 0.6 is 0 Å². The van der Waals surface area contributed by atoms with Gasteiger partial charge in [0.1, 0.15) is 79.3 Å². The van der Waals surface area contributed by atoms with Gasteiger partial charge in [-0.2, -0.15) is 0 Å². The minimum Gasteiger partial charge on any atom is -0.506 e. The lowest BCUT2D eigenvalue weighted by Gasteiger charge is -2.39. The van der Waals surface area contributed by atoms with Crippen LogP contribution in [0.25, 0.3) is 87.6 Å². The molecule has 396 valence electrons. The third kappa shape index (κ3) is 9.60. The van der Waals surface area contributed by atoms with Crippen LogP contribution in [0, 0.1) is 0 Å². The third-order valence-electron chi connectivity index (χ3n) is 14.4. The first kappa shape index (κ1) is 51.9. The van der Waals surface area contributed by atoms with Gasteiger partial charge in [0.2, 0.25) is 0 Å². The van der Waals surface area contributed by atoms with Crippen molar-refractivity contribution in [3.8, 4) is 61.8 Å². The van der Waals surface area contributed by atoms with Gasteiger partial charge in [-0.1, -0.05) is 109 Å². The average Bonchev–Trinajstić information content (AvgIpc) is 3.58. The lowest BCUT2D eigenvalue weighted by atomic mass is 9.82. The van der Waals surface area contributed by atoms with Crippen LogP contribution in [0.2, 0.25) is 0 Å².